The summed E-state index contributed by atoms with van der Waals surface area (Å²) in [4.78, 5) is 35.5. The molecule has 29 heavy (non-hydrogen) atoms. The van der Waals surface area contributed by atoms with E-state index in [1.54, 1.807) is 0 Å². The number of carbonyl (C=O) groups is 3. The molecule has 0 aliphatic heterocycles. The number of rotatable bonds is 8. The molecule has 0 fully saturated rings. The Hall–Kier alpha value is -4.00. The van der Waals surface area contributed by atoms with Crippen LogP contribution in [0.15, 0.2) is 48.5 Å². The maximum Gasteiger partial charge on any atom is 0.387 e. The van der Waals surface area contributed by atoms with Gasteiger partial charge < -0.3 is 20.1 Å². The quantitative estimate of drug-likeness (QED) is 0.652. The van der Waals surface area contributed by atoms with Crippen LogP contribution in [0.5, 0.6) is 5.75 Å². The van der Waals surface area contributed by atoms with Crippen LogP contribution in [-0.2, 0) is 14.3 Å². The van der Waals surface area contributed by atoms with Gasteiger partial charge in [-0.3, -0.25) is 14.4 Å². The van der Waals surface area contributed by atoms with E-state index in [1.807, 2.05) is 6.07 Å². The van der Waals surface area contributed by atoms with Gasteiger partial charge in [0.05, 0.1) is 17.2 Å². The second-order valence-corrected chi connectivity index (χ2v) is 5.46. The van der Waals surface area contributed by atoms with Gasteiger partial charge in [0.2, 0.25) is 0 Å². The van der Waals surface area contributed by atoms with Crippen molar-refractivity contribution in [1.82, 2.24) is 5.32 Å². The summed E-state index contributed by atoms with van der Waals surface area (Å²) in [5.41, 5.74) is 0.652. The van der Waals surface area contributed by atoms with Crippen molar-refractivity contribution in [2.45, 2.75) is 6.61 Å². The number of benzene rings is 2. The minimum atomic E-state index is -3.11. The van der Waals surface area contributed by atoms with Crippen LogP contribution in [0.2, 0.25) is 0 Å². The first-order valence-corrected chi connectivity index (χ1v) is 8.16. The number of hydrogen-bond acceptors (Lipinski definition) is 6. The van der Waals surface area contributed by atoms with E-state index in [2.05, 4.69) is 15.4 Å². The van der Waals surface area contributed by atoms with Crippen LogP contribution >= 0.6 is 0 Å². The molecule has 2 aromatic rings. The molecule has 0 saturated heterocycles. The van der Waals surface area contributed by atoms with E-state index in [9.17, 15) is 23.2 Å². The lowest BCUT2D eigenvalue weighted by Crippen LogP contribution is -2.32. The van der Waals surface area contributed by atoms with Gasteiger partial charge in [0.15, 0.2) is 6.61 Å². The van der Waals surface area contributed by atoms with Crippen LogP contribution in [0.3, 0.4) is 0 Å². The van der Waals surface area contributed by atoms with E-state index in [1.165, 1.54) is 48.5 Å². The van der Waals surface area contributed by atoms with E-state index < -0.39 is 37.5 Å². The molecule has 10 heteroatoms. The second-order valence-electron chi connectivity index (χ2n) is 5.46. The maximum absolute atomic E-state index is 12.4. The zero-order chi connectivity index (χ0) is 21.2. The third-order valence-electron chi connectivity index (χ3n) is 3.40. The summed E-state index contributed by atoms with van der Waals surface area (Å²) in [5, 5.41) is 13.4. The van der Waals surface area contributed by atoms with Crippen LogP contribution < -0.4 is 15.4 Å². The monoisotopic (exact) mass is 403 g/mol. The summed E-state index contributed by atoms with van der Waals surface area (Å²) in [5.74, 6) is -2.68. The zero-order valence-corrected chi connectivity index (χ0v) is 14.9. The van der Waals surface area contributed by atoms with Crippen molar-refractivity contribution in [3.8, 4) is 11.8 Å². The maximum atomic E-state index is 12.4. The molecule has 8 nitrogen and oxygen atoms in total. The number of nitriles is 1. The third kappa shape index (κ3) is 6.91. The van der Waals surface area contributed by atoms with Gasteiger partial charge in [-0.1, -0.05) is 12.1 Å². The van der Waals surface area contributed by atoms with Crippen molar-refractivity contribution in [3.63, 3.8) is 0 Å². The predicted molar refractivity (Wildman–Crippen MR) is 96.2 cm³/mol. The lowest BCUT2D eigenvalue weighted by Gasteiger charge is -2.11. The molecule has 0 saturated carbocycles. The number of alkyl halides is 2. The van der Waals surface area contributed by atoms with Gasteiger partial charge in [0.25, 0.3) is 11.8 Å². The number of amides is 2. The number of hydrogen-bond donors (Lipinski definition) is 2. The molecule has 0 aliphatic rings. The van der Waals surface area contributed by atoms with Crippen molar-refractivity contribution in [2.75, 3.05) is 18.5 Å². The Morgan fingerprint density at radius 2 is 1.76 bits per heavy atom. The van der Waals surface area contributed by atoms with Gasteiger partial charge in [-0.05, 0) is 36.4 Å². The highest BCUT2D eigenvalue weighted by Gasteiger charge is 2.16. The Bertz CT molecular complexity index is 926. The molecule has 0 heterocycles. The molecular weight excluding hydrogens is 388 g/mol. The second kappa shape index (κ2) is 10.4. The van der Waals surface area contributed by atoms with E-state index in [-0.39, 0.29) is 11.3 Å². The average Bonchev–Trinajstić information content (AvgIpc) is 2.71. The minimum absolute atomic E-state index is 0.181. The zero-order valence-electron chi connectivity index (χ0n) is 14.9. The summed E-state index contributed by atoms with van der Waals surface area (Å²) < 4.78 is 33.7. The first kappa shape index (κ1) is 21.3. The standard InChI is InChI=1S/C19H15F2N3O5/c20-19(21)29-15-4-2-1-3-14(15)18(27)23-10-17(26)28-11-16(25)24-13-7-5-12(9-22)6-8-13/h1-8,19H,10-11H2,(H,23,27)(H,24,25). The van der Waals surface area contributed by atoms with Crippen LogP contribution in [0.4, 0.5) is 14.5 Å². The van der Waals surface area contributed by atoms with E-state index in [0.717, 1.165) is 0 Å². The molecule has 0 atom stereocenters. The van der Waals surface area contributed by atoms with Crippen LogP contribution in [-0.4, -0.2) is 37.5 Å². The van der Waals surface area contributed by atoms with E-state index in [4.69, 9.17) is 10.00 Å². The van der Waals surface area contributed by atoms with Gasteiger partial charge >= 0.3 is 12.6 Å². The number of ether oxygens (including phenoxy) is 2. The van der Waals surface area contributed by atoms with Crippen LogP contribution in [0.1, 0.15) is 15.9 Å². The van der Waals surface area contributed by atoms with Gasteiger partial charge in [-0.15, -0.1) is 0 Å². The molecule has 0 aliphatic carbocycles. The first-order chi connectivity index (χ1) is 13.9. The van der Waals surface area contributed by atoms with Crippen LogP contribution in [0.25, 0.3) is 0 Å². The van der Waals surface area contributed by atoms with E-state index in [0.29, 0.717) is 11.3 Å². The summed E-state index contributed by atoms with van der Waals surface area (Å²) in [6.45, 7) is -4.28. The van der Waals surface area contributed by atoms with Crippen LogP contribution in [0, 0.1) is 11.3 Å². The topological polar surface area (TPSA) is 118 Å². The fourth-order valence-corrected chi connectivity index (χ4v) is 2.12. The number of esters is 1. The molecule has 0 bridgehead atoms. The van der Waals surface area contributed by atoms with Crippen molar-refractivity contribution < 1.29 is 32.6 Å². The largest absolute Gasteiger partial charge is 0.454 e. The molecule has 0 spiro atoms. The Labute approximate surface area is 164 Å². The van der Waals surface area contributed by atoms with Crippen molar-refractivity contribution in [2.24, 2.45) is 0 Å². The number of anilines is 1. The number of halogens is 2. The van der Waals surface area contributed by atoms with Crippen molar-refractivity contribution in [1.29, 1.82) is 5.26 Å². The Morgan fingerprint density at radius 1 is 1.07 bits per heavy atom. The molecule has 150 valence electrons. The molecule has 0 radical (unpaired) electrons. The lowest BCUT2D eigenvalue weighted by molar-refractivity contribution is -0.146. The van der Waals surface area contributed by atoms with Gasteiger partial charge in [-0.2, -0.15) is 14.0 Å². The summed E-state index contributed by atoms with van der Waals surface area (Å²) >= 11 is 0. The summed E-state index contributed by atoms with van der Waals surface area (Å²) in [7, 11) is 0. The number of nitrogens with one attached hydrogen (secondary N) is 2. The van der Waals surface area contributed by atoms with Crippen molar-refractivity contribution in [3.05, 3.63) is 59.7 Å². The van der Waals surface area contributed by atoms with Crippen molar-refractivity contribution >= 4 is 23.5 Å². The Kier molecular flexibility index (Phi) is 7.61. The highest BCUT2D eigenvalue weighted by atomic mass is 19.3. The SMILES string of the molecule is N#Cc1ccc(NC(=O)COC(=O)CNC(=O)c2ccccc2OC(F)F)cc1. The van der Waals surface area contributed by atoms with Gasteiger partial charge in [0, 0.05) is 5.69 Å². The predicted octanol–water partition coefficient (Wildman–Crippen LogP) is 2.07. The Morgan fingerprint density at radius 3 is 2.41 bits per heavy atom. The number of nitrogens with zero attached hydrogens (tertiary/aromatic N) is 1. The fourth-order valence-electron chi connectivity index (χ4n) is 2.12. The first-order valence-electron chi connectivity index (χ1n) is 8.16. The molecule has 0 unspecified atom stereocenters. The fraction of sp³-hybridized carbons (Fsp3) is 0.158. The number of carbonyl (C=O) groups excluding carboxylic acids is 3. The number of para-hydroxylation sites is 1. The van der Waals surface area contributed by atoms with Gasteiger partial charge in [0.1, 0.15) is 12.3 Å². The minimum Gasteiger partial charge on any atom is -0.454 e. The third-order valence-corrected chi connectivity index (χ3v) is 3.40. The highest BCUT2D eigenvalue weighted by molar-refractivity contribution is 5.98. The molecule has 0 aromatic heterocycles. The summed E-state index contributed by atoms with van der Waals surface area (Å²) in [6, 6.07) is 13.3. The molecule has 2 rings (SSSR count). The molecule has 2 amide bonds. The Balaban J connectivity index is 1.78. The molecule has 2 N–H and O–H groups in total. The average molecular weight is 403 g/mol. The normalized spacial score (nSPS) is 10.0. The lowest BCUT2D eigenvalue weighted by atomic mass is 10.2. The summed E-state index contributed by atoms with van der Waals surface area (Å²) in [6.07, 6.45) is 0. The smallest absolute Gasteiger partial charge is 0.387 e. The van der Waals surface area contributed by atoms with E-state index >= 15 is 0 Å². The molecule has 2 aromatic carbocycles. The van der Waals surface area contributed by atoms with Gasteiger partial charge in [-0.25, -0.2) is 0 Å². The molecular formula is C19H15F2N3O5. The highest BCUT2D eigenvalue weighted by Crippen LogP contribution is 2.19.